The first kappa shape index (κ1) is 21.1. The highest BCUT2D eigenvalue weighted by Gasteiger charge is 2.46. The first-order chi connectivity index (χ1) is 17.1. The summed E-state index contributed by atoms with van der Waals surface area (Å²) in [4.78, 5) is 0. The van der Waals surface area contributed by atoms with E-state index in [0.717, 1.165) is 26.1 Å². The molecule has 2 heterocycles. The fraction of sp³-hybridized carbons (Fsp3) is 0.273. The van der Waals surface area contributed by atoms with E-state index in [1.54, 1.807) is 0 Å². The lowest BCUT2D eigenvalue weighted by Gasteiger charge is -2.34. The highest BCUT2D eigenvalue weighted by Crippen LogP contribution is 2.56. The molecule has 0 amide bonds. The van der Waals surface area contributed by atoms with E-state index in [1.807, 2.05) is 0 Å². The van der Waals surface area contributed by atoms with Crippen molar-refractivity contribution in [2.24, 2.45) is 0 Å². The zero-order valence-electron chi connectivity index (χ0n) is 20.4. The van der Waals surface area contributed by atoms with Gasteiger partial charge in [-0.15, -0.1) is 0 Å². The van der Waals surface area contributed by atoms with Gasteiger partial charge in [0.2, 0.25) is 0 Å². The molecule has 2 heteroatoms. The van der Waals surface area contributed by atoms with E-state index in [2.05, 4.69) is 98.8 Å². The smallest absolute Gasteiger partial charge is 0.0850 e. The molecule has 2 fully saturated rings. The summed E-state index contributed by atoms with van der Waals surface area (Å²) in [5.41, 5.74) is 13.0. The number of hydrogen-bond donors (Lipinski definition) is 0. The van der Waals surface area contributed by atoms with Crippen molar-refractivity contribution in [3.63, 3.8) is 0 Å². The number of ether oxygens (including phenoxy) is 2. The summed E-state index contributed by atoms with van der Waals surface area (Å²) < 4.78 is 11.0. The van der Waals surface area contributed by atoms with Crippen LogP contribution in [0.3, 0.4) is 0 Å². The third-order valence-corrected chi connectivity index (χ3v) is 7.95. The normalized spacial score (nSPS) is 20.9. The van der Waals surface area contributed by atoms with Crippen LogP contribution in [-0.4, -0.2) is 25.4 Å². The molecule has 2 unspecified atom stereocenters. The predicted molar refractivity (Wildman–Crippen MR) is 140 cm³/mol. The molecule has 0 spiro atoms. The van der Waals surface area contributed by atoms with Gasteiger partial charge in [0, 0.05) is 12.8 Å². The maximum absolute atomic E-state index is 5.49. The van der Waals surface area contributed by atoms with E-state index in [4.69, 9.17) is 9.47 Å². The van der Waals surface area contributed by atoms with Crippen LogP contribution in [0.4, 0.5) is 0 Å². The standard InChI is InChI=1S/C33H30O2/c1-21-3-13-29-30-14-4-22(2)16-32(30)33(31(29)15-21,25-9-5-23(6-10-25)17-27-19-34-27)26-11-7-24(8-12-26)18-28-20-35-28/h3-16,27-28H,17-20H2,1-2H3. The van der Waals surface area contributed by atoms with Gasteiger partial charge >= 0.3 is 0 Å². The Morgan fingerprint density at radius 1 is 0.600 bits per heavy atom. The van der Waals surface area contributed by atoms with Gasteiger partial charge in [-0.3, -0.25) is 0 Å². The number of aryl methyl sites for hydroxylation is 2. The molecule has 1 aliphatic carbocycles. The Kier molecular flexibility index (Phi) is 4.77. The SMILES string of the molecule is Cc1ccc2c(c1)C(c1ccc(CC3CO3)cc1)(c1ccc(CC3CO3)cc1)c1cc(C)ccc1-2. The van der Waals surface area contributed by atoms with Crippen LogP contribution in [0.5, 0.6) is 0 Å². The quantitative estimate of drug-likeness (QED) is 0.270. The molecule has 0 saturated carbocycles. The molecule has 0 bridgehead atoms. The maximum Gasteiger partial charge on any atom is 0.0850 e. The zero-order chi connectivity index (χ0) is 23.6. The molecule has 2 nitrogen and oxygen atoms in total. The van der Waals surface area contributed by atoms with Crippen LogP contribution in [0, 0.1) is 13.8 Å². The van der Waals surface area contributed by atoms with E-state index in [1.165, 1.54) is 55.6 Å². The number of fused-ring (bicyclic) bond motifs is 3. The van der Waals surface area contributed by atoms with E-state index in [0.29, 0.717) is 12.2 Å². The monoisotopic (exact) mass is 458 g/mol. The molecule has 0 aromatic heterocycles. The van der Waals surface area contributed by atoms with Gasteiger partial charge in [0.05, 0.1) is 30.8 Å². The van der Waals surface area contributed by atoms with Gasteiger partial charge in [0.15, 0.2) is 0 Å². The molecule has 174 valence electrons. The van der Waals surface area contributed by atoms with E-state index < -0.39 is 0 Å². The average Bonchev–Trinajstić information content (AvgIpc) is 3.80. The summed E-state index contributed by atoms with van der Waals surface area (Å²) >= 11 is 0. The minimum absolute atomic E-state index is 0.341. The second-order valence-electron chi connectivity index (χ2n) is 10.6. The lowest BCUT2D eigenvalue weighted by atomic mass is 9.67. The first-order valence-corrected chi connectivity index (χ1v) is 12.8. The highest BCUT2D eigenvalue weighted by molar-refractivity contribution is 5.86. The van der Waals surface area contributed by atoms with Crippen molar-refractivity contribution in [3.05, 3.63) is 129 Å². The van der Waals surface area contributed by atoms with Gasteiger partial charge in [-0.05, 0) is 58.4 Å². The van der Waals surface area contributed by atoms with Crippen molar-refractivity contribution in [2.45, 2.75) is 44.3 Å². The molecule has 0 N–H and O–H groups in total. The molecule has 0 radical (unpaired) electrons. The summed E-state index contributed by atoms with van der Waals surface area (Å²) in [5.74, 6) is 0. The topological polar surface area (TPSA) is 25.1 Å². The van der Waals surface area contributed by atoms with E-state index >= 15 is 0 Å². The molecule has 4 aromatic rings. The van der Waals surface area contributed by atoms with Crippen LogP contribution in [0.25, 0.3) is 11.1 Å². The molecule has 2 aliphatic heterocycles. The Balaban J connectivity index is 1.46. The Morgan fingerprint density at radius 3 is 1.37 bits per heavy atom. The van der Waals surface area contributed by atoms with Crippen LogP contribution in [0.1, 0.15) is 44.5 Å². The Bertz CT molecular complexity index is 1300. The average molecular weight is 459 g/mol. The van der Waals surface area contributed by atoms with Gasteiger partial charge in [-0.1, -0.05) is 96.1 Å². The van der Waals surface area contributed by atoms with Crippen molar-refractivity contribution in [3.8, 4) is 11.1 Å². The molecule has 2 atom stereocenters. The van der Waals surface area contributed by atoms with Crippen LogP contribution in [-0.2, 0) is 27.7 Å². The predicted octanol–water partition coefficient (Wildman–Crippen LogP) is 6.55. The molecular weight excluding hydrogens is 428 g/mol. The molecule has 7 rings (SSSR count). The van der Waals surface area contributed by atoms with Crippen molar-refractivity contribution < 1.29 is 9.47 Å². The lowest BCUT2D eigenvalue weighted by Crippen LogP contribution is -2.29. The van der Waals surface area contributed by atoms with Gasteiger partial charge in [-0.2, -0.15) is 0 Å². The lowest BCUT2D eigenvalue weighted by molar-refractivity contribution is 0.407. The number of rotatable bonds is 6. The second-order valence-corrected chi connectivity index (χ2v) is 10.6. The first-order valence-electron chi connectivity index (χ1n) is 12.8. The Labute approximate surface area is 207 Å². The third kappa shape index (κ3) is 3.55. The van der Waals surface area contributed by atoms with Gasteiger partial charge < -0.3 is 9.47 Å². The number of epoxide rings is 2. The van der Waals surface area contributed by atoms with Crippen molar-refractivity contribution in [1.82, 2.24) is 0 Å². The fourth-order valence-corrected chi connectivity index (χ4v) is 6.02. The van der Waals surface area contributed by atoms with Crippen molar-refractivity contribution in [1.29, 1.82) is 0 Å². The summed E-state index contributed by atoms with van der Waals surface area (Å²) in [6.45, 7) is 6.19. The minimum Gasteiger partial charge on any atom is -0.373 e. The summed E-state index contributed by atoms with van der Waals surface area (Å²) in [6, 6.07) is 32.6. The van der Waals surface area contributed by atoms with Crippen LogP contribution < -0.4 is 0 Å². The second kappa shape index (κ2) is 7.91. The molecule has 35 heavy (non-hydrogen) atoms. The third-order valence-electron chi connectivity index (χ3n) is 7.95. The van der Waals surface area contributed by atoms with Crippen LogP contribution in [0.2, 0.25) is 0 Å². The summed E-state index contributed by atoms with van der Waals surface area (Å²) in [6.07, 6.45) is 2.79. The number of benzene rings is 4. The Hall–Kier alpha value is -3.20. The van der Waals surface area contributed by atoms with E-state index in [-0.39, 0.29) is 5.41 Å². The largest absolute Gasteiger partial charge is 0.373 e. The number of hydrogen-bond acceptors (Lipinski definition) is 2. The Morgan fingerprint density at radius 2 is 1.00 bits per heavy atom. The molecule has 4 aromatic carbocycles. The van der Waals surface area contributed by atoms with Crippen molar-refractivity contribution in [2.75, 3.05) is 13.2 Å². The van der Waals surface area contributed by atoms with Gasteiger partial charge in [-0.25, -0.2) is 0 Å². The maximum atomic E-state index is 5.49. The van der Waals surface area contributed by atoms with Crippen LogP contribution in [0.15, 0.2) is 84.9 Å². The molecular formula is C33H30O2. The molecule has 3 aliphatic rings. The minimum atomic E-state index is -0.341. The van der Waals surface area contributed by atoms with E-state index in [9.17, 15) is 0 Å². The summed E-state index contributed by atoms with van der Waals surface area (Å²) in [5, 5.41) is 0. The van der Waals surface area contributed by atoms with Gasteiger partial charge in [0.1, 0.15) is 0 Å². The summed E-state index contributed by atoms with van der Waals surface area (Å²) in [7, 11) is 0. The molecule has 2 saturated heterocycles. The van der Waals surface area contributed by atoms with Gasteiger partial charge in [0.25, 0.3) is 0 Å². The van der Waals surface area contributed by atoms with Crippen LogP contribution >= 0.6 is 0 Å². The highest BCUT2D eigenvalue weighted by atomic mass is 16.6. The fourth-order valence-electron chi connectivity index (χ4n) is 6.02. The van der Waals surface area contributed by atoms with Crippen molar-refractivity contribution >= 4 is 0 Å². The zero-order valence-corrected chi connectivity index (χ0v) is 20.4.